The van der Waals surface area contributed by atoms with Gasteiger partial charge in [-0.2, -0.15) is 0 Å². The van der Waals surface area contributed by atoms with Crippen molar-refractivity contribution in [3.05, 3.63) is 35.7 Å². The number of hydrogen-bond acceptors (Lipinski definition) is 4. The van der Waals surface area contributed by atoms with Crippen LogP contribution in [0.15, 0.2) is 28.7 Å². The molecule has 0 radical (unpaired) electrons. The molecule has 3 rings (SSSR count). The second-order valence-corrected chi connectivity index (χ2v) is 4.54. The molecular weight excluding hydrogens is 246 g/mol. The van der Waals surface area contributed by atoms with Gasteiger partial charge in [0.2, 0.25) is 11.7 Å². The number of nitrogens with zero attached hydrogens (tertiary/aromatic N) is 1. The summed E-state index contributed by atoms with van der Waals surface area (Å²) in [5.41, 5.74) is 1.28. The van der Waals surface area contributed by atoms with Gasteiger partial charge in [0.25, 0.3) is 0 Å². The van der Waals surface area contributed by atoms with Crippen molar-refractivity contribution >= 4 is 5.97 Å². The van der Waals surface area contributed by atoms with Crippen LogP contribution in [0.1, 0.15) is 35.0 Å². The van der Waals surface area contributed by atoms with Crippen LogP contribution in [0.5, 0.6) is 5.75 Å². The van der Waals surface area contributed by atoms with E-state index in [1.165, 1.54) is 0 Å². The summed E-state index contributed by atoms with van der Waals surface area (Å²) in [4.78, 5) is 15.5. The fraction of sp³-hybridized carbons (Fsp3) is 0.286. The molecule has 1 fully saturated rings. The molecule has 2 aromatic rings. The molecule has 1 heterocycles. The summed E-state index contributed by atoms with van der Waals surface area (Å²) < 4.78 is 10.5. The molecule has 0 saturated heterocycles. The Morgan fingerprint density at radius 3 is 2.89 bits per heavy atom. The van der Waals surface area contributed by atoms with Crippen LogP contribution in [0.25, 0.3) is 11.5 Å². The second-order valence-electron chi connectivity index (χ2n) is 4.54. The molecule has 0 atom stereocenters. The second kappa shape index (κ2) is 4.42. The Balaban J connectivity index is 2.04. The first kappa shape index (κ1) is 11.8. The van der Waals surface area contributed by atoms with Gasteiger partial charge in [0, 0.05) is 11.5 Å². The summed E-state index contributed by atoms with van der Waals surface area (Å²) in [5.74, 6) is 0.136. The van der Waals surface area contributed by atoms with Gasteiger partial charge >= 0.3 is 5.97 Å². The zero-order chi connectivity index (χ0) is 13.4. The lowest BCUT2D eigenvalue weighted by Crippen LogP contribution is -1.98. The average Bonchev–Trinajstić information content (AvgIpc) is 3.17. The molecule has 19 heavy (non-hydrogen) atoms. The van der Waals surface area contributed by atoms with E-state index in [-0.39, 0.29) is 11.7 Å². The molecule has 98 valence electrons. The third-order valence-electron chi connectivity index (χ3n) is 3.13. The SMILES string of the molecule is COc1cccc(-c2nc(C3CC3)c(C(=O)O)o2)c1. The van der Waals surface area contributed by atoms with E-state index in [1.54, 1.807) is 13.2 Å². The van der Waals surface area contributed by atoms with Crippen LogP contribution < -0.4 is 4.74 Å². The van der Waals surface area contributed by atoms with Crippen molar-refractivity contribution in [1.82, 2.24) is 4.98 Å². The normalized spacial score (nSPS) is 14.4. The number of carboxylic acids is 1. The molecule has 1 aliphatic rings. The highest BCUT2D eigenvalue weighted by Gasteiger charge is 2.33. The number of aromatic carboxylic acids is 1. The standard InChI is InChI=1S/C14H13NO4/c1-18-10-4-2-3-9(7-10)13-15-11(8-5-6-8)12(19-13)14(16)17/h2-4,7-8H,5-6H2,1H3,(H,16,17). The highest BCUT2D eigenvalue weighted by atomic mass is 16.5. The number of methoxy groups -OCH3 is 1. The Morgan fingerprint density at radius 2 is 2.26 bits per heavy atom. The number of rotatable bonds is 4. The van der Waals surface area contributed by atoms with Crippen molar-refractivity contribution < 1.29 is 19.1 Å². The van der Waals surface area contributed by atoms with Crippen molar-refractivity contribution in [2.45, 2.75) is 18.8 Å². The third kappa shape index (κ3) is 2.19. The first-order valence-corrected chi connectivity index (χ1v) is 6.07. The number of carbonyl (C=O) groups is 1. The Labute approximate surface area is 109 Å². The Morgan fingerprint density at radius 1 is 1.47 bits per heavy atom. The van der Waals surface area contributed by atoms with E-state index in [4.69, 9.17) is 14.3 Å². The molecular formula is C14H13NO4. The van der Waals surface area contributed by atoms with E-state index >= 15 is 0 Å². The van der Waals surface area contributed by atoms with Crippen molar-refractivity contribution in [2.75, 3.05) is 7.11 Å². The molecule has 0 amide bonds. The van der Waals surface area contributed by atoms with Crippen LogP contribution >= 0.6 is 0 Å². The quantitative estimate of drug-likeness (QED) is 0.913. The molecule has 0 bridgehead atoms. The van der Waals surface area contributed by atoms with Gasteiger partial charge < -0.3 is 14.3 Å². The van der Waals surface area contributed by atoms with Gasteiger partial charge in [-0.3, -0.25) is 0 Å². The Hall–Kier alpha value is -2.30. The van der Waals surface area contributed by atoms with E-state index in [0.29, 0.717) is 22.9 Å². The van der Waals surface area contributed by atoms with Gasteiger partial charge in [-0.25, -0.2) is 9.78 Å². The van der Waals surface area contributed by atoms with Crippen LogP contribution in [-0.2, 0) is 0 Å². The van der Waals surface area contributed by atoms with Crippen molar-refractivity contribution in [2.24, 2.45) is 0 Å². The number of oxazole rings is 1. The first-order chi connectivity index (χ1) is 9.19. The number of hydrogen-bond donors (Lipinski definition) is 1. The number of ether oxygens (including phenoxy) is 1. The van der Waals surface area contributed by atoms with Gasteiger partial charge in [-0.05, 0) is 31.0 Å². The summed E-state index contributed by atoms with van der Waals surface area (Å²) in [7, 11) is 1.58. The first-order valence-electron chi connectivity index (χ1n) is 6.07. The topological polar surface area (TPSA) is 72.6 Å². The number of benzene rings is 1. The van der Waals surface area contributed by atoms with E-state index < -0.39 is 5.97 Å². The van der Waals surface area contributed by atoms with Gasteiger partial charge in [0.05, 0.1) is 12.8 Å². The molecule has 5 nitrogen and oxygen atoms in total. The highest BCUT2D eigenvalue weighted by molar-refractivity contribution is 5.86. The summed E-state index contributed by atoms with van der Waals surface area (Å²) in [6.07, 6.45) is 1.95. The van der Waals surface area contributed by atoms with Crippen molar-refractivity contribution in [1.29, 1.82) is 0 Å². The minimum Gasteiger partial charge on any atom is -0.497 e. The molecule has 1 aromatic heterocycles. The fourth-order valence-corrected chi connectivity index (χ4v) is 2.00. The summed E-state index contributed by atoms with van der Waals surface area (Å²) in [5, 5.41) is 9.14. The smallest absolute Gasteiger partial charge is 0.373 e. The van der Waals surface area contributed by atoms with E-state index in [9.17, 15) is 4.79 Å². The lowest BCUT2D eigenvalue weighted by molar-refractivity contribution is 0.0661. The lowest BCUT2D eigenvalue weighted by atomic mass is 10.2. The maximum Gasteiger partial charge on any atom is 0.373 e. The molecule has 0 unspecified atom stereocenters. The Kier molecular flexibility index (Phi) is 2.74. The van der Waals surface area contributed by atoms with Crippen LogP contribution in [0.3, 0.4) is 0 Å². The monoisotopic (exact) mass is 259 g/mol. The zero-order valence-electron chi connectivity index (χ0n) is 10.4. The summed E-state index contributed by atoms with van der Waals surface area (Å²) in [6.45, 7) is 0. The van der Waals surface area contributed by atoms with Crippen LogP contribution in [0, 0.1) is 0 Å². The molecule has 1 aliphatic carbocycles. The van der Waals surface area contributed by atoms with Gasteiger partial charge in [-0.15, -0.1) is 0 Å². The van der Waals surface area contributed by atoms with Gasteiger partial charge in [0.1, 0.15) is 5.75 Å². The predicted octanol–water partition coefficient (Wildman–Crippen LogP) is 2.93. The highest BCUT2D eigenvalue weighted by Crippen LogP contribution is 2.42. The van der Waals surface area contributed by atoms with Crippen molar-refractivity contribution in [3.8, 4) is 17.2 Å². The molecule has 0 spiro atoms. The predicted molar refractivity (Wildman–Crippen MR) is 67.4 cm³/mol. The van der Waals surface area contributed by atoms with Crippen LogP contribution in [0.2, 0.25) is 0 Å². The lowest BCUT2D eigenvalue weighted by Gasteiger charge is -2.00. The van der Waals surface area contributed by atoms with Crippen molar-refractivity contribution in [3.63, 3.8) is 0 Å². The summed E-state index contributed by atoms with van der Waals surface area (Å²) >= 11 is 0. The minimum atomic E-state index is -1.07. The maximum absolute atomic E-state index is 11.2. The van der Waals surface area contributed by atoms with Crippen LogP contribution in [-0.4, -0.2) is 23.2 Å². The molecule has 1 aromatic carbocycles. The van der Waals surface area contributed by atoms with E-state index in [0.717, 1.165) is 12.8 Å². The molecule has 5 heteroatoms. The van der Waals surface area contributed by atoms with E-state index in [2.05, 4.69) is 4.98 Å². The Bertz CT molecular complexity index is 628. The molecule has 1 saturated carbocycles. The summed E-state index contributed by atoms with van der Waals surface area (Å²) in [6, 6.07) is 7.22. The van der Waals surface area contributed by atoms with E-state index in [1.807, 2.05) is 18.2 Å². The number of carboxylic acid groups (broad SMARTS) is 1. The number of aromatic nitrogens is 1. The fourth-order valence-electron chi connectivity index (χ4n) is 2.00. The average molecular weight is 259 g/mol. The zero-order valence-corrected chi connectivity index (χ0v) is 10.4. The van der Waals surface area contributed by atoms with Crippen LogP contribution in [0.4, 0.5) is 0 Å². The third-order valence-corrected chi connectivity index (χ3v) is 3.13. The molecule has 1 N–H and O–H groups in total. The maximum atomic E-state index is 11.2. The minimum absolute atomic E-state index is 0.0414. The van der Waals surface area contributed by atoms with Gasteiger partial charge in [-0.1, -0.05) is 6.07 Å². The van der Waals surface area contributed by atoms with Gasteiger partial charge in [0.15, 0.2) is 0 Å². The largest absolute Gasteiger partial charge is 0.497 e. The molecule has 0 aliphatic heterocycles.